The van der Waals surface area contributed by atoms with Crippen molar-refractivity contribution in [2.24, 2.45) is 4.99 Å². The Balaban J connectivity index is 0.00000280. The zero-order valence-electron chi connectivity index (χ0n) is 17.6. The van der Waals surface area contributed by atoms with Crippen molar-refractivity contribution in [1.82, 2.24) is 15.6 Å². The number of guanidine groups is 1. The molecule has 1 aromatic carbocycles. The number of aromatic nitrogens is 1. The van der Waals surface area contributed by atoms with Gasteiger partial charge < -0.3 is 15.1 Å². The van der Waals surface area contributed by atoms with Gasteiger partial charge in [-0.15, -0.1) is 24.0 Å². The number of nitrogens with zero attached hydrogens (tertiary/aromatic N) is 2. The monoisotopic (exact) mass is 496 g/mol. The average molecular weight is 496 g/mol. The summed E-state index contributed by atoms with van der Waals surface area (Å²) in [6.07, 6.45) is 4.25. The Morgan fingerprint density at radius 1 is 1.21 bits per heavy atom. The molecule has 1 heterocycles. The lowest BCUT2D eigenvalue weighted by Crippen LogP contribution is -2.41. The van der Waals surface area contributed by atoms with Gasteiger partial charge in [-0.3, -0.25) is 0 Å². The molecule has 28 heavy (non-hydrogen) atoms. The number of hydrogen-bond donors (Lipinski definition) is 2. The van der Waals surface area contributed by atoms with Gasteiger partial charge >= 0.3 is 0 Å². The first-order valence-electron chi connectivity index (χ1n) is 9.87. The second kappa shape index (κ2) is 9.29. The van der Waals surface area contributed by atoms with E-state index in [1.165, 1.54) is 24.0 Å². The number of rotatable bonds is 6. The van der Waals surface area contributed by atoms with Gasteiger partial charge in [0.15, 0.2) is 5.96 Å². The third-order valence-electron chi connectivity index (χ3n) is 5.17. The lowest BCUT2D eigenvalue weighted by molar-refractivity contribution is 0.383. The fourth-order valence-corrected chi connectivity index (χ4v) is 3.33. The van der Waals surface area contributed by atoms with Crippen LogP contribution in [-0.4, -0.2) is 24.0 Å². The molecule has 0 bridgehead atoms. The van der Waals surface area contributed by atoms with Crippen molar-refractivity contribution in [1.29, 1.82) is 0 Å². The van der Waals surface area contributed by atoms with E-state index in [1.807, 2.05) is 6.20 Å². The summed E-state index contributed by atoms with van der Waals surface area (Å²) in [5.74, 6) is 2.35. The van der Waals surface area contributed by atoms with Crippen LogP contribution in [0.5, 0.6) is 0 Å². The molecule has 0 amide bonds. The minimum Gasteiger partial charge on any atom is -0.443 e. The van der Waals surface area contributed by atoms with Crippen LogP contribution in [0.25, 0.3) is 0 Å². The van der Waals surface area contributed by atoms with Gasteiger partial charge in [-0.25, -0.2) is 9.98 Å². The molecule has 6 heteroatoms. The van der Waals surface area contributed by atoms with Crippen LogP contribution in [0.3, 0.4) is 0 Å². The SMILES string of the molecule is CCNC(=NCc1ncc(C(C)(C)C)o1)NCC1(c2ccccc2C)CC1.I. The summed E-state index contributed by atoms with van der Waals surface area (Å²) in [5, 5.41) is 6.85. The highest BCUT2D eigenvalue weighted by Gasteiger charge is 2.44. The van der Waals surface area contributed by atoms with Gasteiger partial charge in [0.05, 0.1) is 6.20 Å². The fraction of sp³-hybridized carbons (Fsp3) is 0.545. The summed E-state index contributed by atoms with van der Waals surface area (Å²) >= 11 is 0. The summed E-state index contributed by atoms with van der Waals surface area (Å²) < 4.78 is 5.85. The summed E-state index contributed by atoms with van der Waals surface area (Å²) in [4.78, 5) is 9.03. The van der Waals surface area contributed by atoms with Crippen molar-refractivity contribution in [2.75, 3.05) is 13.1 Å². The molecule has 154 valence electrons. The van der Waals surface area contributed by atoms with Crippen LogP contribution >= 0.6 is 24.0 Å². The normalized spacial score (nSPS) is 15.7. The van der Waals surface area contributed by atoms with Gasteiger partial charge in [0.1, 0.15) is 12.3 Å². The number of oxazole rings is 1. The summed E-state index contributed by atoms with van der Waals surface area (Å²) in [5.41, 5.74) is 3.03. The van der Waals surface area contributed by atoms with E-state index < -0.39 is 0 Å². The molecule has 1 fully saturated rings. The number of benzene rings is 1. The van der Waals surface area contributed by atoms with E-state index in [9.17, 15) is 0 Å². The second-order valence-electron chi connectivity index (χ2n) is 8.51. The van der Waals surface area contributed by atoms with E-state index in [4.69, 9.17) is 4.42 Å². The minimum absolute atomic E-state index is 0. The molecule has 5 nitrogen and oxygen atoms in total. The summed E-state index contributed by atoms with van der Waals surface area (Å²) in [6.45, 7) is 12.8. The van der Waals surface area contributed by atoms with Gasteiger partial charge in [-0.1, -0.05) is 45.0 Å². The molecule has 0 unspecified atom stereocenters. The smallest absolute Gasteiger partial charge is 0.216 e. The van der Waals surface area contributed by atoms with E-state index in [-0.39, 0.29) is 34.8 Å². The van der Waals surface area contributed by atoms with E-state index in [0.717, 1.165) is 24.8 Å². The molecule has 1 aliphatic rings. The highest BCUT2D eigenvalue weighted by atomic mass is 127. The van der Waals surface area contributed by atoms with Crippen LogP contribution in [0.4, 0.5) is 0 Å². The maximum atomic E-state index is 5.85. The zero-order chi connectivity index (χ0) is 19.5. The van der Waals surface area contributed by atoms with Crippen molar-refractivity contribution in [3.05, 3.63) is 53.2 Å². The van der Waals surface area contributed by atoms with Crippen LogP contribution in [0.1, 0.15) is 63.3 Å². The Morgan fingerprint density at radius 3 is 2.50 bits per heavy atom. The molecule has 1 aromatic heterocycles. The topological polar surface area (TPSA) is 62.5 Å². The van der Waals surface area contributed by atoms with E-state index >= 15 is 0 Å². The largest absolute Gasteiger partial charge is 0.443 e. The third kappa shape index (κ3) is 5.49. The van der Waals surface area contributed by atoms with Crippen LogP contribution in [-0.2, 0) is 17.4 Å². The Hall–Kier alpha value is -1.57. The van der Waals surface area contributed by atoms with Crippen molar-refractivity contribution in [3.8, 4) is 0 Å². The van der Waals surface area contributed by atoms with Crippen LogP contribution in [0, 0.1) is 6.92 Å². The number of aliphatic imine (C=N–C) groups is 1. The fourth-order valence-electron chi connectivity index (χ4n) is 3.33. The molecule has 1 aliphatic carbocycles. The standard InChI is InChI=1S/C22H32N4O.HI/c1-6-23-20(25-14-19-24-13-18(27-19)21(3,4)5)26-15-22(11-12-22)17-10-8-7-9-16(17)2;/h7-10,13H,6,11-12,14-15H2,1-5H3,(H2,23,25,26);1H. The lowest BCUT2D eigenvalue weighted by atomic mass is 9.92. The second-order valence-corrected chi connectivity index (χ2v) is 8.51. The molecule has 0 saturated heterocycles. The van der Waals surface area contributed by atoms with Gasteiger partial charge in [-0.2, -0.15) is 0 Å². The highest BCUT2D eigenvalue weighted by molar-refractivity contribution is 14.0. The first kappa shape index (κ1) is 22.7. The molecular weight excluding hydrogens is 463 g/mol. The van der Waals surface area contributed by atoms with Crippen LogP contribution in [0.15, 0.2) is 39.9 Å². The van der Waals surface area contributed by atoms with Gasteiger partial charge in [0.25, 0.3) is 0 Å². The number of halogens is 1. The molecule has 0 atom stereocenters. The molecule has 0 aliphatic heterocycles. The number of hydrogen-bond acceptors (Lipinski definition) is 3. The lowest BCUT2D eigenvalue weighted by Gasteiger charge is -2.20. The maximum absolute atomic E-state index is 5.85. The quantitative estimate of drug-likeness (QED) is 0.346. The van der Waals surface area contributed by atoms with Gasteiger partial charge in [0, 0.05) is 23.9 Å². The molecule has 0 spiro atoms. The Morgan fingerprint density at radius 2 is 1.93 bits per heavy atom. The van der Waals surface area contributed by atoms with Crippen molar-refractivity contribution < 1.29 is 4.42 Å². The molecule has 2 aromatic rings. The Bertz CT molecular complexity index is 803. The van der Waals surface area contributed by atoms with Gasteiger partial charge in [-0.05, 0) is 37.8 Å². The molecule has 2 N–H and O–H groups in total. The minimum atomic E-state index is -0.0381. The van der Waals surface area contributed by atoms with Gasteiger partial charge in [0.2, 0.25) is 5.89 Å². The van der Waals surface area contributed by atoms with E-state index in [2.05, 4.69) is 79.5 Å². The first-order valence-corrected chi connectivity index (χ1v) is 9.87. The first-order chi connectivity index (χ1) is 12.8. The van der Waals surface area contributed by atoms with Crippen LogP contribution in [0.2, 0.25) is 0 Å². The zero-order valence-corrected chi connectivity index (χ0v) is 20.0. The Kier molecular flexibility index (Phi) is 7.53. The number of aryl methyl sites for hydroxylation is 1. The molecule has 1 saturated carbocycles. The van der Waals surface area contributed by atoms with Crippen molar-refractivity contribution >= 4 is 29.9 Å². The third-order valence-corrected chi connectivity index (χ3v) is 5.17. The van der Waals surface area contributed by atoms with Crippen molar-refractivity contribution in [2.45, 2.75) is 64.8 Å². The highest BCUT2D eigenvalue weighted by Crippen LogP contribution is 2.48. The predicted octanol–water partition coefficient (Wildman–Crippen LogP) is 4.69. The summed E-state index contributed by atoms with van der Waals surface area (Å²) in [7, 11) is 0. The van der Waals surface area contributed by atoms with Crippen molar-refractivity contribution in [3.63, 3.8) is 0 Å². The number of nitrogens with one attached hydrogen (secondary N) is 2. The van der Waals surface area contributed by atoms with Crippen LogP contribution < -0.4 is 10.6 Å². The molecule has 0 radical (unpaired) electrons. The molecular formula is C22H33IN4O. The Labute approximate surface area is 185 Å². The predicted molar refractivity (Wildman–Crippen MR) is 126 cm³/mol. The van der Waals surface area contributed by atoms with E-state index in [1.54, 1.807) is 0 Å². The maximum Gasteiger partial charge on any atom is 0.216 e. The summed E-state index contributed by atoms with van der Waals surface area (Å²) in [6, 6.07) is 8.70. The average Bonchev–Trinajstić information content (AvgIpc) is 3.24. The molecule has 3 rings (SSSR count). The van der Waals surface area contributed by atoms with E-state index in [0.29, 0.717) is 12.4 Å².